The van der Waals surface area contributed by atoms with Gasteiger partial charge in [-0.1, -0.05) is 43.0 Å². The molecule has 0 spiro atoms. The highest BCUT2D eigenvalue weighted by Gasteiger charge is 2.31. The molecule has 1 aliphatic heterocycles. The lowest BCUT2D eigenvalue weighted by Gasteiger charge is -2.40. The van der Waals surface area contributed by atoms with E-state index in [9.17, 15) is 0 Å². The maximum atomic E-state index is 6.29. The third kappa shape index (κ3) is 6.29. The predicted molar refractivity (Wildman–Crippen MR) is 114 cm³/mol. The third-order valence-corrected chi connectivity index (χ3v) is 6.31. The predicted octanol–water partition coefficient (Wildman–Crippen LogP) is 5.66. The number of likely N-dealkylation sites (tertiary alicyclic amines) is 1. The van der Waals surface area contributed by atoms with Crippen LogP contribution in [0.15, 0.2) is 24.3 Å². The maximum Gasteiger partial charge on any atom is 0.0408 e. The zero-order chi connectivity index (χ0) is 16.2. The van der Waals surface area contributed by atoms with Crippen LogP contribution < -0.4 is 5.73 Å². The van der Waals surface area contributed by atoms with Crippen molar-refractivity contribution in [1.29, 1.82) is 0 Å². The van der Waals surface area contributed by atoms with Gasteiger partial charge in [0, 0.05) is 17.1 Å². The van der Waals surface area contributed by atoms with E-state index in [0.29, 0.717) is 18.0 Å². The molecule has 0 radical (unpaired) electrons. The van der Waals surface area contributed by atoms with Crippen LogP contribution in [0.1, 0.15) is 62.8 Å². The van der Waals surface area contributed by atoms with Crippen LogP contribution in [0, 0.1) is 5.92 Å². The number of nitrogens with two attached hydrogens (primary N) is 1. The average molecular weight is 408 g/mol. The number of piperidine rings is 1. The van der Waals surface area contributed by atoms with Gasteiger partial charge in [-0.3, -0.25) is 0 Å². The number of halogens is 3. The monoisotopic (exact) mass is 406 g/mol. The first-order valence-electron chi connectivity index (χ1n) is 9.35. The molecule has 2 N–H and O–H groups in total. The van der Waals surface area contributed by atoms with Gasteiger partial charge in [-0.15, -0.1) is 24.8 Å². The third-order valence-electron chi connectivity index (χ3n) is 6.07. The Morgan fingerprint density at radius 3 is 2.56 bits per heavy atom. The van der Waals surface area contributed by atoms with E-state index in [4.69, 9.17) is 17.3 Å². The Balaban J connectivity index is 0.00000156. The van der Waals surface area contributed by atoms with Crippen LogP contribution in [-0.4, -0.2) is 30.6 Å². The molecule has 2 nitrogen and oxygen atoms in total. The Morgan fingerprint density at radius 1 is 1.16 bits per heavy atom. The molecular weight excluding hydrogens is 375 g/mol. The molecule has 1 aromatic carbocycles. The van der Waals surface area contributed by atoms with Gasteiger partial charge in [0.25, 0.3) is 0 Å². The van der Waals surface area contributed by atoms with Crippen molar-refractivity contribution in [3.8, 4) is 0 Å². The quantitative estimate of drug-likeness (QED) is 0.697. The molecule has 0 amide bonds. The van der Waals surface area contributed by atoms with E-state index in [0.717, 1.165) is 30.3 Å². The summed E-state index contributed by atoms with van der Waals surface area (Å²) in [6.07, 6.45) is 10.4. The van der Waals surface area contributed by atoms with Crippen LogP contribution >= 0.6 is 36.4 Å². The first-order valence-corrected chi connectivity index (χ1v) is 9.72. The van der Waals surface area contributed by atoms with Crippen LogP contribution in [0.25, 0.3) is 0 Å². The van der Waals surface area contributed by atoms with Crippen molar-refractivity contribution < 1.29 is 0 Å². The van der Waals surface area contributed by atoms with Gasteiger partial charge in [0.05, 0.1) is 0 Å². The SMILES string of the molecule is CN1CCC(N)CC1CC(c1cccc(Cl)c1)C1CCCCC1.Cl.Cl. The normalized spacial score (nSPS) is 26.4. The van der Waals surface area contributed by atoms with Crippen LogP contribution in [0.2, 0.25) is 5.02 Å². The van der Waals surface area contributed by atoms with Crippen molar-refractivity contribution in [2.45, 2.75) is 69.4 Å². The van der Waals surface area contributed by atoms with Gasteiger partial charge < -0.3 is 10.6 Å². The molecule has 1 aliphatic carbocycles. The molecule has 3 unspecified atom stereocenters. The highest BCUT2D eigenvalue weighted by Crippen LogP contribution is 2.41. The highest BCUT2D eigenvalue weighted by molar-refractivity contribution is 6.30. The summed E-state index contributed by atoms with van der Waals surface area (Å²) < 4.78 is 0. The van der Waals surface area contributed by atoms with E-state index in [-0.39, 0.29) is 24.8 Å². The lowest BCUT2D eigenvalue weighted by Crippen LogP contribution is -2.45. The summed E-state index contributed by atoms with van der Waals surface area (Å²) in [5.41, 5.74) is 7.70. The summed E-state index contributed by atoms with van der Waals surface area (Å²) in [7, 11) is 2.27. The first-order chi connectivity index (χ1) is 11.1. The summed E-state index contributed by atoms with van der Waals surface area (Å²) in [4.78, 5) is 2.53. The topological polar surface area (TPSA) is 29.3 Å². The fourth-order valence-corrected chi connectivity index (χ4v) is 4.84. The largest absolute Gasteiger partial charge is 0.328 e. The summed E-state index contributed by atoms with van der Waals surface area (Å²) in [6.45, 7) is 1.14. The van der Waals surface area contributed by atoms with E-state index < -0.39 is 0 Å². The molecule has 2 aliphatic rings. The fourth-order valence-electron chi connectivity index (χ4n) is 4.64. The van der Waals surface area contributed by atoms with Gasteiger partial charge in [-0.2, -0.15) is 0 Å². The Hall–Kier alpha value is 0.01000. The van der Waals surface area contributed by atoms with E-state index >= 15 is 0 Å². The Morgan fingerprint density at radius 2 is 1.88 bits per heavy atom. The minimum Gasteiger partial charge on any atom is -0.328 e. The fraction of sp³-hybridized carbons (Fsp3) is 0.700. The Bertz CT molecular complexity index is 505. The van der Waals surface area contributed by atoms with Crippen molar-refractivity contribution in [3.63, 3.8) is 0 Å². The van der Waals surface area contributed by atoms with E-state index in [1.54, 1.807) is 0 Å². The standard InChI is InChI=1S/C20H31ClN2.2ClH/c1-23-11-10-18(22)13-19(23)14-20(15-6-3-2-4-7-15)16-8-5-9-17(21)12-16;;/h5,8-9,12,15,18-20H,2-4,6-7,10-11,13-14,22H2,1H3;2*1H. The number of benzene rings is 1. The number of hydrogen-bond donors (Lipinski definition) is 1. The van der Waals surface area contributed by atoms with Crippen LogP contribution in [0.4, 0.5) is 0 Å². The van der Waals surface area contributed by atoms with E-state index in [2.05, 4.69) is 30.1 Å². The van der Waals surface area contributed by atoms with Crippen LogP contribution in [0.5, 0.6) is 0 Å². The second kappa shape index (κ2) is 11.0. The average Bonchev–Trinajstić information content (AvgIpc) is 2.56. The van der Waals surface area contributed by atoms with Gasteiger partial charge in [-0.05, 0) is 75.2 Å². The minimum absolute atomic E-state index is 0. The van der Waals surface area contributed by atoms with Gasteiger partial charge in [-0.25, -0.2) is 0 Å². The summed E-state index contributed by atoms with van der Waals surface area (Å²) in [5, 5.41) is 0.872. The molecule has 3 atom stereocenters. The van der Waals surface area contributed by atoms with Crippen molar-refractivity contribution >= 4 is 36.4 Å². The molecular formula is C20H33Cl3N2. The van der Waals surface area contributed by atoms with Crippen LogP contribution in [-0.2, 0) is 0 Å². The molecule has 25 heavy (non-hydrogen) atoms. The summed E-state index contributed by atoms with van der Waals surface area (Å²) in [6, 6.07) is 9.58. The number of rotatable bonds is 4. The molecule has 1 heterocycles. The van der Waals surface area contributed by atoms with Gasteiger partial charge in [0.2, 0.25) is 0 Å². The maximum absolute atomic E-state index is 6.29. The highest BCUT2D eigenvalue weighted by atomic mass is 35.5. The second-order valence-corrected chi connectivity index (χ2v) is 8.15. The smallest absolute Gasteiger partial charge is 0.0408 e. The molecule has 2 fully saturated rings. The second-order valence-electron chi connectivity index (χ2n) is 7.71. The lowest BCUT2D eigenvalue weighted by atomic mass is 9.73. The molecule has 1 saturated carbocycles. The summed E-state index contributed by atoms with van der Waals surface area (Å²) in [5.74, 6) is 1.44. The van der Waals surface area contributed by atoms with E-state index in [1.807, 2.05) is 6.07 Å². The zero-order valence-corrected chi connectivity index (χ0v) is 17.6. The van der Waals surface area contributed by atoms with Gasteiger partial charge in [0.1, 0.15) is 0 Å². The number of nitrogens with zero attached hydrogens (tertiary/aromatic N) is 1. The number of hydrogen-bond acceptors (Lipinski definition) is 2. The Labute approximate surface area is 170 Å². The Kier molecular flexibility index (Phi) is 10.1. The lowest BCUT2D eigenvalue weighted by molar-refractivity contribution is 0.139. The molecule has 1 saturated heterocycles. The van der Waals surface area contributed by atoms with Crippen molar-refractivity contribution in [2.75, 3.05) is 13.6 Å². The van der Waals surface area contributed by atoms with Gasteiger partial charge >= 0.3 is 0 Å². The van der Waals surface area contributed by atoms with Crippen molar-refractivity contribution in [1.82, 2.24) is 4.90 Å². The van der Waals surface area contributed by atoms with Crippen LogP contribution in [0.3, 0.4) is 0 Å². The molecule has 144 valence electrons. The van der Waals surface area contributed by atoms with Crippen molar-refractivity contribution in [2.24, 2.45) is 11.7 Å². The summed E-state index contributed by atoms with van der Waals surface area (Å²) >= 11 is 6.29. The molecule has 5 heteroatoms. The van der Waals surface area contributed by atoms with Crippen molar-refractivity contribution in [3.05, 3.63) is 34.9 Å². The molecule has 0 bridgehead atoms. The zero-order valence-electron chi connectivity index (χ0n) is 15.2. The van der Waals surface area contributed by atoms with E-state index in [1.165, 1.54) is 44.1 Å². The first kappa shape index (κ1) is 23.0. The minimum atomic E-state index is 0. The molecule has 1 aromatic rings. The van der Waals surface area contributed by atoms with Gasteiger partial charge in [0.15, 0.2) is 0 Å². The molecule has 3 rings (SSSR count). The molecule has 0 aromatic heterocycles.